The van der Waals surface area contributed by atoms with Crippen LogP contribution in [0.5, 0.6) is 23.0 Å². The molecular formula is C79H82N12O13S8. The molecule has 6 aromatic carbocycles. The van der Waals surface area contributed by atoms with Gasteiger partial charge >= 0.3 is 5.97 Å². The first kappa shape index (κ1) is 82.7. The molecule has 4 aromatic heterocycles. The van der Waals surface area contributed by atoms with Gasteiger partial charge in [0, 0.05) is 105 Å². The van der Waals surface area contributed by atoms with Gasteiger partial charge in [0.2, 0.25) is 5.91 Å². The lowest BCUT2D eigenvalue weighted by Gasteiger charge is -2.24. The van der Waals surface area contributed by atoms with Gasteiger partial charge in [0.1, 0.15) is 9.75 Å². The molecule has 7 amide bonds. The maximum Gasteiger partial charge on any atom is 0.303 e. The normalized spacial score (nSPS) is 14.8. The molecule has 0 fully saturated rings. The zero-order valence-electron chi connectivity index (χ0n) is 61.5. The fraction of sp³-hybridized carbons (Fsp3) is 0.291. The van der Waals surface area contributed by atoms with Crippen molar-refractivity contribution in [2.24, 2.45) is 9.98 Å². The fourth-order valence-electron chi connectivity index (χ4n) is 12.0. The van der Waals surface area contributed by atoms with Crippen molar-refractivity contribution in [3.8, 4) is 23.0 Å². The number of methoxy groups -OCH3 is 2. The van der Waals surface area contributed by atoms with E-state index in [2.05, 4.69) is 60.4 Å². The quantitative estimate of drug-likeness (QED) is 0.0261. The highest BCUT2D eigenvalue weighted by molar-refractivity contribution is 8.29. The summed E-state index contributed by atoms with van der Waals surface area (Å²) in [4.78, 5) is 124. The third-order valence-corrected chi connectivity index (χ3v) is 28.6. The summed E-state index contributed by atoms with van der Waals surface area (Å²) in [6.07, 6.45) is 12.8. The van der Waals surface area contributed by atoms with Gasteiger partial charge in [-0.25, -0.2) is 9.97 Å². The van der Waals surface area contributed by atoms with Gasteiger partial charge in [0.25, 0.3) is 35.4 Å². The number of carbonyl (C=O) groups excluding carboxylic acids is 7. The first-order valence-electron chi connectivity index (χ1n) is 34.9. The molecule has 8 heterocycles. The molecule has 0 spiro atoms. The summed E-state index contributed by atoms with van der Waals surface area (Å²) in [5, 5.41) is 25.5. The van der Waals surface area contributed by atoms with Gasteiger partial charge in [-0.1, -0.05) is 88.9 Å². The molecule has 0 saturated carbocycles. The van der Waals surface area contributed by atoms with Crippen molar-refractivity contribution in [2.45, 2.75) is 95.2 Å². The molecule has 584 valence electrons. The van der Waals surface area contributed by atoms with Crippen molar-refractivity contribution in [3.05, 3.63) is 175 Å². The Morgan fingerprint density at radius 1 is 0.562 bits per heavy atom. The molecule has 25 nitrogen and oxygen atoms in total. The van der Waals surface area contributed by atoms with E-state index in [9.17, 15) is 38.4 Å². The Morgan fingerprint density at radius 2 is 1.01 bits per heavy atom. The van der Waals surface area contributed by atoms with Crippen LogP contribution in [0.3, 0.4) is 0 Å². The highest BCUT2D eigenvalue weighted by Gasteiger charge is 2.39. The van der Waals surface area contributed by atoms with Crippen LogP contribution in [-0.4, -0.2) is 149 Å². The molecule has 0 aliphatic carbocycles. The summed E-state index contributed by atoms with van der Waals surface area (Å²) in [5.74, 6) is -0.635. The molecule has 4 aliphatic rings. The van der Waals surface area contributed by atoms with Gasteiger partial charge in [-0.05, 0) is 148 Å². The Balaban J connectivity index is 0.000000183. The summed E-state index contributed by atoms with van der Waals surface area (Å²) in [6.45, 7) is 9.66. The van der Waals surface area contributed by atoms with E-state index in [0.29, 0.717) is 119 Å². The van der Waals surface area contributed by atoms with Crippen molar-refractivity contribution in [2.75, 3.05) is 84.5 Å². The number of benzene rings is 6. The number of fused-ring (bicyclic) bond motifs is 10. The van der Waals surface area contributed by atoms with Crippen molar-refractivity contribution < 1.29 is 62.4 Å². The number of rotatable bonds is 25. The minimum atomic E-state index is -0.867. The van der Waals surface area contributed by atoms with E-state index in [1.165, 1.54) is 49.3 Å². The number of carboxylic acid groups (broad SMARTS) is 1. The number of ether oxygens (including phenoxy) is 4. The maximum atomic E-state index is 13.6. The van der Waals surface area contributed by atoms with Crippen LogP contribution in [0.25, 0.3) is 20.2 Å². The number of aliphatic imine (C=N–C) groups is 2. The van der Waals surface area contributed by atoms with Gasteiger partial charge < -0.3 is 56.4 Å². The molecule has 0 radical (unpaired) electrons. The van der Waals surface area contributed by atoms with Crippen LogP contribution in [-0.2, 0) is 63.7 Å². The van der Waals surface area contributed by atoms with Crippen LogP contribution in [0, 0.1) is 0 Å². The van der Waals surface area contributed by atoms with Crippen molar-refractivity contribution in [1.82, 2.24) is 20.6 Å². The van der Waals surface area contributed by atoms with Crippen LogP contribution < -0.4 is 61.1 Å². The van der Waals surface area contributed by atoms with E-state index in [1.807, 2.05) is 117 Å². The number of thiophene rings is 2. The molecule has 8 N–H and O–H groups in total. The number of aliphatic carboxylic acids is 1. The molecule has 112 heavy (non-hydrogen) atoms. The Morgan fingerprint density at radius 3 is 1.45 bits per heavy atom. The largest absolute Gasteiger partial charge is 0.493 e. The average molecular weight is 1660 g/mol. The van der Waals surface area contributed by atoms with E-state index in [-0.39, 0.29) is 115 Å². The van der Waals surface area contributed by atoms with Crippen molar-refractivity contribution in [3.63, 3.8) is 0 Å². The number of nitrogens with zero attached hydrogens (tertiary/aromatic N) is 6. The SMILES string of the molecule is C.COc1cc2c(cc1OCCCC(=O)Nc1ncc(C(=O)Nc3ccc4sc(C(=O)NCC(C)(C)S(C)=S)cc4c3)s1)N=C[C@@H]1Cc3ccccc3N1C2=O.COc1cc2c(cc1OCCCC(=O)O)N=C[C@@H]1Cc3ccccc3N1C2=O.CS(=S)C(C)(C)CNC(=O)c1cc2cc(NC(=O)c3cnc(N)s3)ccc2s1. The van der Waals surface area contributed by atoms with Crippen molar-refractivity contribution in [1.29, 1.82) is 0 Å². The lowest BCUT2D eigenvalue weighted by atomic mass is 10.1. The number of nitrogens with one attached hydrogen (secondary N) is 5. The lowest BCUT2D eigenvalue weighted by Crippen LogP contribution is -2.40. The number of para-hydroxylation sites is 2. The molecule has 0 bridgehead atoms. The highest BCUT2D eigenvalue weighted by Crippen LogP contribution is 2.44. The van der Waals surface area contributed by atoms with Gasteiger partial charge in [0.05, 0.1) is 84.2 Å². The second kappa shape index (κ2) is 36.0. The Bertz CT molecular complexity index is 5420. The van der Waals surface area contributed by atoms with Gasteiger partial charge in [-0.3, -0.25) is 58.1 Å². The monoisotopic (exact) mass is 1660 g/mol. The Hall–Kier alpha value is -10.3. The topological polar surface area (TPSA) is 337 Å². The summed E-state index contributed by atoms with van der Waals surface area (Å²) >= 11 is 15.8. The first-order chi connectivity index (χ1) is 53.1. The first-order valence-corrected chi connectivity index (χ1v) is 43.3. The minimum Gasteiger partial charge on any atom is -0.493 e. The zero-order valence-corrected chi connectivity index (χ0v) is 68.0. The Labute approximate surface area is 677 Å². The third-order valence-electron chi connectivity index (χ3n) is 18.5. The number of anilines is 6. The number of hydrogen-bond donors (Lipinski definition) is 7. The number of carboxylic acids is 1. The van der Waals surface area contributed by atoms with E-state index in [0.717, 1.165) is 71.8 Å². The standard InChI is InChI=1S/C39H38N6O6S4.C21H20N2O5.C18H20N4O2S4.CH4/c1-39(2,55(4)52)21-42-35(47)32-16-23-14-24(11-12-31(23)53-32)43-36(48)33-20-41-38(54-33)44-34(46)10-7-13-51-30-18-27-26(17-29(30)50-3)37(49)45-25(19-40-27)15-22-8-5-6-9-28(22)45;1-27-18-10-15-16(11-19(18)28-8-4-7-20(24)25)22-12-14-9-13-5-2-3-6-17(13)23(14)21(15)26;1-18(2,28(3)25)9-21-15(23)13-7-10-6-11(4-5-12(10)26-13)22-16(24)14-8-20-17(19)27-14;/h5-6,8-9,11-12,14,16-20,25H,7,10,13,15,21H2,1-4H3,(H,42,47)(H,43,48)(H,41,44,46);2-3,5-6,10-12,14H,4,7-9H2,1H3,(H,24,25);4-8H,9H2,1-3H3,(H2,19,20)(H,21,23)(H,22,24);1H4/t25-,55?;14-;;/m00../s1. The van der Waals surface area contributed by atoms with Gasteiger partial charge in [0.15, 0.2) is 33.3 Å². The zero-order chi connectivity index (χ0) is 79.0. The van der Waals surface area contributed by atoms with E-state index in [1.54, 1.807) is 52.6 Å². The summed E-state index contributed by atoms with van der Waals surface area (Å²) < 4.78 is 24.2. The fourth-order valence-corrected chi connectivity index (χ4v) is 16.2. The van der Waals surface area contributed by atoms with Crippen LogP contribution in [0.1, 0.15) is 131 Å². The van der Waals surface area contributed by atoms with E-state index in [4.69, 9.17) is 52.2 Å². The smallest absolute Gasteiger partial charge is 0.303 e. The average Bonchev–Trinajstić information content (AvgIpc) is 1.61. The van der Waals surface area contributed by atoms with Gasteiger partial charge in [-0.2, -0.15) is 0 Å². The molecule has 2 unspecified atom stereocenters. The second-order valence-electron chi connectivity index (χ2n) is 27.1. The van der Waals surface area contributed by atoms with Crippen LogP contribution >= 0.6 is 45.3 Å². The number of aromatic nitrogens is 2. The number of nitrogen functional groups attached to an aromatic ring is 1. The highest BCUT2D eigenvalue weighted by atomic mass is 32.8. The van der Waals surface area contributed by atoms with Crippen LogP contribution in [0.2, 0.25) is 0 Å². The molecule has 4 atom stereocenters. The third kappa shape index (κ3) is 19.4. The van der Waals surface area contributed by atoms with Crippen LogP contribution in [0.15, 0.2) is 144 Å². The Kier molecular flexibility index (Phi) is 26.6. The number of thiazole rings is 2. The maximum absolute atomic E-state index is 13.6. The van der Waals surface area contributed by atoms with Gasteiger partial charge in [-0.15, -0.1) is 41.6 Å². The van der Waals surface area contributed by atoms with E-state index >= 15 is 0 Å². The predicted octanol–water partition coefficient (Wildman–Crippen LogP) is 14.2. The second-order valence-corrected chi connectivity index (χ2v) is 38.4. The number of nitrogens with two attached hydrogens (primary N) is 1. The minimum absolute atomic E-state index is 0. The number of amides is 7. The molecule has 4 aliphatic heterocycles. The summed E-state index contributed by atoms with van der Waals surface area (Å²) in [5.41, 5.74) is 12.7. The molecule has 33 heteroatoms. The molecule has 14 rings (SSSR count). The van der Waals surface area contributed by atoms with Crippen molar-refractivity contribution >= 4 is 211 Å². The van der Waals surface area contributed by atoms with Crippen LogP contribution in [0.4, 0.5) is 44.4 Å². The van der Waals surface area contributed by atoms with E-state index < -0.39 is 5.97 Å². The number of carbonyl (C=O) groups is 8. The molecular weight excluding hydrogens is 1580 g/mol. The molecule has 0 saturated heterocycles. The summed E-state index contributed by atoms with van der Waals surface area (Å²) in [6, 6.07) is 36.8. The summed E-state index contributed by atoms with van der Waals surface area (Å²) in [7, 11) is 2.53. The molecule has 10 aromatic rings. The lowest BCUT2D eigenvalue weighted by molar-refractivity contribution is -0.137. The predicted molar refractivity (Wildman–Crippen MR) is 459 cm³/mol. The number of hydrogen-bond acceptors (Lipinski definition) is 23.